The molecule has 0 aliphatic carbocycles. The Kier molecular flexibility index (Phi) is 46.4. The summed E-state index contributed by atoms with van der Waals surface area (Å²) >= 11 is 0. The Hall–Kier alpha value is -2.89. The Labute approximate surface area is 370 Å². The van der Waals surface area contributed by atoms with Crippen LogP contribution in [0, 0.1) is 0 Å². The van der Waals surface area contributed by atoms with Gasteiger partial charge in [-0.1, -0.05) is 204 Å². The summed E-state index contributed by atoms with van der Waals surface area (Å²) in [7, 11) is 0. The van der Waals surface area contributed by atoms with Gasteiger partial charge in [0.05, 0.1) is 0 Å². The van der Waals surface area contributed by atoms with Crippen molar-refractivity contribution >= 4 is 17.9 Å². The van der Waals surface area contributed by atoms with E-state index in [2.05, 4.69) is 81.5 Å². The third-order valence-corrected chi connectivity index (χ3v) is 10.8. The van der Waals surface area contributed by atoms with Crippen molar-refractivity contribution < 1.29 is 28.6 Å². The zero-order chi connectivity index (χ0) is 43.7. The number of allylic oxidation sites excluding steroid dienone is 10. The lowest BCUT2D eigenvalue weighted by atomic mass is 10.1. The summed E-state index contributed by atoms with van der Waals surface area (Å²) < 4.78 is 16.7. The van der Waals surface area contributed by atoms with Gasteiger partial charge in [-0.15, -0.1) is 0 Å². The standard InChI is InChI=1S/C54H94O6/c1-4-7-10-13-16-19-22-24-26-28-30-32-35-38-41-44-47-53(56)59-50-51(49-58-52(55)46-43-40-37-34-21-18-15-12-9-6-3)60-54(57)48-45-42-39-36-33-31-29-27-25-23-20-17-14-11-8-5-2/h7,10,16,19,24,26-27,29-30,32,51H,4-6,8-9,11-15,17-18,20-23,25,28,31,33-50H2,1-3H3/b10-7-,19-16-,26-24-,29-27-,32-30-. The molecular weight excluding hydrogens is 745 g/mol. The van der Waals surface area contributed by atoms with Crippen molar-refractivity contribution in [3.63, 3.8) is 0 Å². The molecule has 0 saturated carbocycles. The summed E-state index contributed by atoms with van der Waals surface area (Å²) in [5.41, 5.74) is 0. The maximum absolute atomic E-state index is 12.8. The Morgan fingerprint density at radius 2 is 0.650 bits per heavy atom. The smallest absolute Gasteiger partial charge is 0.306 e. The largest absolute Gasteiger partial charge is 0.462 e. The molecule has 0 radical (unpaired) electrons. The SMILES string of the molecule is CC/C=C\C/C=C\C/C=C\C/C=C\CCCCCC(=O)OCC(COC(=O)CCCCCCCCCCCC)OC(=O)CCCCCCC/C=C\CCCCCCCCC. The van der Waals surface area contributed by atoms with Crippen molar-refractivity contribution in [2.24, 2.45) is 0 Å². The summed E-state index contributed by atoms with van der Waals surface area (Å²) in [5.74, 6) is -0.926. The second-order valence-electron chi connectivity index (χ2n) is 16.7. The first-order valence-corrected chi connectivity index (χ1v) is 25.3. The predicted octanol–water partition coefficient (Wildman–Crippen LogP) is 16.5. The van der Waals surface area contributed by atoms with E-state index in [-0.39, 0.29) is 31.1 Å². The lowest BCUT2D eigenvalue weighted by Gasteiger charge is -2.18. The van der Waals surface area contributed by atoms with Gasteiger partial charge in [0, 0.05) is 19.3 Å². The molecule has 0 amide bonds. The van der Waals surface area contributed by atoms with E-state index >= 15 is 0 Å². The molecule has 0 aromatic heterocycles. The quantitative estimate of drug-likeness (QED) is 0.0263. The van der Waals surface area contributed by atoms with E-state index in [1.54, 1.807) is 0 Å². The van der Waals surface area contributed by atoms with E-state index in [0.717, 1.165) is 103 Å². The molecule has 0 aromatic carbocycles. The summed E-state index contributed by atoms with van der Waals surface area (Å²) in [5, 5.41) is 0. The minimum Gasteiger partial charge on any atom is -0.462 e. The van der Waals surface area contributed by atoms with Crippen molar-refractivity contribution in [1.29, 1.82) is 0 Å². The average Bonchev–Trinajstić information content (AvgIpc) is 3.24. The van der Waals surface area contributed by atoms with Crippen molar-refractivity contribution in [1.82, 2.24) is 0 Å². The molecule has 0 bridgehead atoms. The summed E-state index contributed by atoms with van der Waals surface area (Å²) in [6.07, 6.45) is 59.2. The van der Waals surface area contributed by atoms with Crippen LogP contribution in [-0.2, 0) is 28.6 Å². The van der Waals surface area contributed by atoms with E-state index in [1.807, 2.05) is 0 Å². The van der Waals surface area contributed by atoms with Crippen LogP contribution in [0.15, 0.2) is 60.8 Å². The molecule has 6 nitrogen and oxygen atoms in total. The van der Waals surface area contributed by atoms with Crippen LogP contribution in [0.2, 0.25) is 0 Å². The fourth-order valence-corrected chi connectivity index (χ4v) is 6.96. The van der Waals surface area contributed by atoms with Gasteiger partial charge in [-0.2, -0.15) is 0 Å². The number of rotatable bonds is 45. The van der Waals surface area contributed by atoms with Gasteiger partial charge < -0.3 is 14.2 Å². The van der Waals surface area contributed by atoms with E-state index in [9.17, 15) is 14.4 Å². The molecule has 0 saturated heterocycles. The van der Waals surface area contributed by atoms with Crippen LogP contribution in [0.25, 0.3) is 0 Å². The molecule has 0 spiro atoms. The second-order valence-corrected chi connectivity index (χ2v) is 16.7. The van der Waals surface area contributed by atoms with E-state index in [1.165, 1.54) is 103 Å². The topological polar surface area (TPSA) is 78.9 Å². The van der Waals surface area contributed by atoms with Crippen molar-refractivity contribution in [3.8, 4) is 0 Å². The molecular formula is C54H94O6. The van der Waals surface area contributed by atoms with Gasteiger partial charge in [0.2, 0.25) is 0 Å². The Bertz CT molecular complexity index is 1100. The van der Waals surface area contributed by atoms with Crippen LogP contribution in [0.4, 0.5) is 0 Å². The number of carbonyl (C=O) groups is 3. The van der Waals surface area contributed by atoms with Gasteiger partial charge in [0.25, 0.3) is 0 Å². The van der Waals surface area contributed by atoms with Gasteiger partial charge in [-0.05, 0) is 83.5 Å². The van der Waals surface area contributed by atoms with E-state index < -0.39 is 6.10 Å². The molecule has 1 atom stereocenters. The summed E-state index contributed by atoms with van der Waals surface area (Å²) in [4.78, 5) is 37.9. The zero-order valence-corrected chi connectivity index (χ0v) is 39.5. The first-order chi connectivity index (χ1) is 29.5. The molecule has 0 heterocycles. The highest BCUT2D eigenvalue weighted by atomic mass is 16.6. The number of unbranched alkanes of at least 4 members (excludes halogenated alkanes) is 24. The Morgan fingerprint density at radius 1 is 0.350 bits per heavy atom. The molecule has 0 fully saturated rings. The first-order valence-electron chi connectivity index (χ1n) is 25.3. The highest BCUT2D eigenvalue weighted by molar-refractivity contribution is 5.71. The minimum atomic E-state index is -0.788. The van der Waals surface area contributed by atoms with Crippen LogP contribution in [0.5, 0.6) is 0 Å². The number of esters is 3. The highest BCUT2D eigenvalue weighted by Gasteiger charge is 2.19. The molecule has 6 heteroatoms. The number of hydrogen-bond acceptors (Lipinski definition) is 6. The summed E-state index contributed by atoms with van der Waals surface area (Å²) in [6.45, 7) is 6.48. The van der Waals surface area contributed by atoms with Crippen LogP contribution in [0.1, 0.15) is 245 Å². The van der Waals surface area contributed by atoms with Crippen molar-refractivity contribution in [2.45, 2.75) is 252 Å². The monoisotopic (exact) mass is 839 g/mol. The van der Waals surface area contributed by atoms with Gasteiger partial charge in [0.15, 0.2) is 6.10 Å². The third kappa shape index (κ3) is 46.2. The van der Waals surface area contributed by atoms with Gasteiger partial charge in [-0.25, -0.2) is 0 Å². The van der Waals surface area contributed by atoms with Gasteiger partial charge in [-0.3, -0.25) is 14.4 Å². The zero-order valence-electron chi connectivity index (χ0n) is 39.5. The highest BCUT2D eigenvalue weighted by Crippen LogP contribution is 2.14. The molecule has 60 heavy (non-hydrogen) atoms. The fraction of sp³-hybridized carbons (Fsp3) is 0.759. The molecule has 0 aliphatic rings. The van der Waals surface area contributed by atoms with Crippen molar-refractivity contribution in [3.05, 3.63) is 60.8 Å². The van der Waals surface area contributed by atoms with Gasteiger partial charge in [0.1, 0.15) is 13.2 Å². The minimum absolute atomic E-state index is 0.0864. The third-order valence-electron chi connectivity index (χ3n) is 10.8. The number of hydrogen-bond donors (Lipinski definition) is 0. The fourth-order valence-electron chi connectivity index (χ4n) is 6.96. The first kappa shape index (κ1) is 57.1. The van der Waals surface area contributed by atoms with Crippen LogP contribution in [-0.4, -0.2) is 37.2 Å². The Morgan fingerprint density at radius 3 is 1.05 bits per heavy atom. The maximum Gasteiger partial charge on any atom is 0.306 e. The summed E-state index contributed by atoms with van der Waals surface area (Å²) in [6, 6.07) is 0. The van der Waals surface area contributed by atoms with E-state index in [0.29, 0.717) is 19.3 Å². The molecule has 0 aliphatic heterocycles. The molecule has 0 N–H and O–H groups in total. The molecule has 1 unspecified atom stereocenters. The Balaban J connectivity index is 4.41. The molecule has 346 valence electrons. The normalized spacial score (nSPS) is 12.5. The van der Waals surface area contributed by atoms with E-state index in [4.69, 9.17) is 14.2 Å². The number of ether oxygens (including phenoxy) is 3. The van der Waals surface area contributed by atoms with Crippen LogP contribution < -0.4 is 0 Å². The lowest BCUT2D eigenvalue weighted by molar-refractivity contribution is -0.167. The lowest BCUT2D eigenvalue weighted by Crippen LogP contribution is -2.30. The molecule has 0 rings (SSSR count). The van der Waals surface area contributed by atoms with Gasteiger partial charge >= 0.3 is 17.9 Å². The average molecular weight is 839 g/mol. The van der Waals surface area contributed by atoms with Crippen LogP contribution >= 0.6 is 0 Å². The second kappa shape index (κ2) is 48.8. The molecule has 0 aromatic rings. The van der Waals surface area contributed by atoms with Crippen molar-refractivity contribution in [2.75, 3.05) is 13.2 Å². The maximum atomic E-state index is 12.8. The number of carbonyl (C=O) groups excluding carboxylic acids is 3. The predicted molar refractivity (Wildman–Crippen MR) is 256 cm³/mol. The van der Waals surface area contributed by atoms with Crippen LogP contribution in [0.3, 0.4) is 0 Å².